The van der Waals surface area contributed by atoms with E-state index in [0.717, 1.165) is 17.1 Å². The van der Waals surface area contributed by atoms with Gasteiger partial charge >= 0.3 is 0 Å². The van der Waals surface area contributed by atoms with Gasteiger partial charge in [-0.05, 0) is 62.0 Å². The van der Waals surface area contributed by atoms with E-state index in [9.17, 15) is 0 Å². The molecule has 2 aliphatic carbocycles. The fourth-order valence-corrected chi connectivity index (χ4v) is 3.27. The Hall–Kier alpha value is 0.350. The third-order valence-electron chi connectivity index (χ3n) is 3.75. The summed E-state index contributed by atoms with van der Waals surface area (Å²) in [6, 6.07) is 0. The first-order valence-corrected chi connectivity index (χ1v) is 5.59. The van der Waals surface area contributed by atoms with Crippen LogP contribution in [0, 0.1) is 11.3 Å². The summed E-state index contributed by atoms with van der Waals surface area (Å²) in [4.78, 5) is 0. The summed E-state index contributed by atoms with van der Waals surface area (Å²) in [6.45, 7) is 0. The van der Waals surface area contributed by atoms with Gasteiger partial charge in [0.05, 0.1) is 0 Å². The van der Waals surface area contributed by atoms with Crippen molar-refractivity contribution in [2.75, 3.05) is 5.75 Å². The van der Waals surface area contributed by atoms with Crippen molar-refractivity contribution in [1.82, 2.24) is 0 Å². The van der Waals surface area contributed by atoms with Crippen LogP contribution in [-0.2, 0) is 0 Å². The van der Waals surface area contributed by atoms with Crippen molar-refractivity contribution in [1.29, 1.82) is 0 Å². The molecule has 0 atom stereocenters. The van der Waals surface area contributed by atoms with Crippen LogP contribution in [0.5, 0.6) is 0 Å². The van der Waals surface area contributed by atoms with Crippen LogP contribution < -0.4 is 0 Å². The Balaban J connectivity index is 1.89. The van der Waals surface area contributed by atoms with Crippen LogP contribution in [0.3, 0.4) is 0 Å². The molecule has 2 saturated carbocycles. The predicted octanol–water partition coefficient (Wildman–Crippen LogP) is 3.28. The van der Waals surface area contributed by atoms with E-state index in [1.165, 1.54) is 38.5 Å². The molecule has 0 amide bonds. The lowest BCUT2D eigenvalue weighted by molar-refractivity contribution is 0.269. The molecule has 2 fully saturated rings. The highest BCUT2D eigenvalue weighted by molar-refractivity contribution is 7.80. The lowest BCUT2D eigenvalue weighted by Gasteiger charge is -2.25. The average molecular weight is 170 g/mol. The molecule has 0 unspecified atom stereocenters. The number of rotatable bonds is 3. The maximum atomic E-state index is 4.28. The van der Waals surface area contributed by atoms with E-state index in [1.54, 1.807) is 6.42 Å². The van der Waals surface area contributed by atoms with Crippen LogP contribution in [0.2, 0.25) is 0 Å². The van der Waals surface area contributed by atoms with Gasteiger partial charge in [-0.25, -0.2) is 0 Å². The lowest BCUT2D eigenvalue weighted by atomic mass is 9.80. The Morgan fingerprint density at radius 2 is 2.00 bits per heavy atom. The Bertz CT molecular complexity index is 134. The summed E-state index contributed by atoms with van der Waals surface area (Å²) in [5.74, 6) is 2.21. The summed E-state index contributed by atoms with van der Waals surface area (Å²) >= 11 is 4.28. The number of fused-ring (bicyclic) bond motifs is 2. The standard InChI is InChI=1S/C10H18S/c11-7-1-4-10-5-2-9(8-10)3-6-10/h9,11H,1-8H2. The largest absolute Gasteiger partial charge is 0.179 e. The van der Waals surface area contributed by atoms with Crippen LogP contribution in [0.4, 0.5) is 0 Å². The Morgan fingerprint density at radius 1 is 1.27 bits per heavy atom. The SMILES string of the molecule is SCCCC12CCC(CC1)C2. The van der Waals surface area contributed by atoms with Crippen LogP contribution in [0.15, 0.2) is 0 Å². The minimum absolute atomic E-state index is 0.813. The van der Waals surface area contributed by atoms with Crippen LogP contribution >= 0.6 is 12.6 Å². The van der Waals surface area contributed by atoms with Gasteiger partial charge in [-0.3, -0.25) is 0 Å². The molecule has 0 aromatic carbocycles. The zero-order valence-corrected chi connectivity index (χ0v) is 8.08. The highest BCUT2D eigenvalue weighted by atomic mass is 32.1. The minimum atomic E-state index is 0.813. The normalized spacial score (nSPS) is 41.7. The van der Waals surface area contributed by atoms with Crippen molar-refractivity contribution in [2.24, 2.45) is 11.3 Å². The van der Waals surface area contributed by atoms with E-state index < -0.39 is 0 Å². The topological polar surface area (TPSA) is 0 Å². The molecule has 0 saturated heterocycles. The second-order valence-electron chi connectivity index (χ2n) is 4.47. The minimum Gasteiger partial charge on any atom is -0.179 e. The maximum Gasteiger partial charge on any atom is -0.00977 e. The molecule has 2 bridgehead atoms. The van der Waals surface area contributed by atoms with Gasteiger partial charge in [0.1, 0.15) is 0 Å². The summed E-state index contributed by atoms with van der Waals surface area (Å²) in [5.41, 5.74) is 0.813. The molecule has 2 rings (SSSR count). The molecule has 64 valence electrons. The molecule has 0 heterocycles. The third kappa shape index (κ3) is 1.44. The summed E-state index contributed by atoms with van der Waals surface area (Å²) < 4.78 is 0. The molecule has 1 heteroatoms. The van der Waals surface area contributed by atoms with E-state index in [0.29, 0.717) is 0 Å². The summed E-state index contributed by atoms with van der Waals surface area (Å²) in [7, 11) is 0. The fraction of sp³-hybridized carbons (Fsp3) is 1.00. The molecule has 2 aliphatic rings. The smallest absolute Gasteiger partial charge is 0.00977 e. The molecule has 0 aromatic rings. The fourth-order valence-electron chi connectivity index (χ4n) is 3.12. The van der Waals surface area contributed by atoms with Gasteiger partial charge in [0.25, 0.3) is 0 Å². The Labute approximate surface area is 75.2 Å². The van der Waals surface area contributed by atoms with Crippen molar-refractivity contribution in [2.45, 2.75) is 44.9 Å². The Morgan fingerprint density at radius 3 is 2.45 bits per heavy atom. The van der Waals surface area contributed by atoms with E-state index in [4.69, 9.17) is 0 Å². The quantitative estimate of drug-likeness (QED) is 0.617. The molecular formula is C10H18S. The van der Waals surface area contributed by atoms with Gasteiger partial charge in [0.2, 0.25) is 0 Å². The molecule has 0 spiro atoms. The second-order valence-corrected chi connectivity index (χ2v) is 4.92. The Kier molecular flexibility index (Phi) is 2.18. The number of hydrogen-bond donors (Lipinski definition) is 1. The number of thiol groups is 1. The van der Waals surface area contributed by atoms with Crippen LogP contribution in [0.25, 0.3) is 0 Å². The third-order valence-corrected chi connectivity index (χ3v) is 4.07. The zero-order chi connectivity index (χ0) is 7.73. The molecule has 11 heavy (non-hydrogen) atoms. The van der Waals surface area contributed by atoms with Crippen molar-refractivity contribution in [3.63, 3.8) is 0 Å². The van der Waals surface area contributed by atoms with E-state index in [-0.39, 0.29) is 0 Å². The van der Waals surface area contributed by atoms with Gasteiger partial charge in [0.15, 0.2) is 0 Å². The monoisotopic (exact) mass is 170 g/mol. The summed E-state index contributed by atoms with van der Waals surface area (Å²) in [5, 5.41) is 0. The molecule has 0 N–H and O–H groups in total. The first kappa shape index (κ1) is 7.97. The lowest BCUT2D eigenvalue weighted by Crippen LogP contribution is -2.13. The molecule has 0 aromatic heterocycles. The van der Waals surface area contributed by atoms with Crippen molar-refractivity contribution in [3.05, 3.63) is 0 Å². The highest BCUT2D eigenvalue weighted by Crippen LogP contribution is 2.56. The molecule has 0 nitrogen and oxygen atoms in total. The molecule has 0 radical (unpaired) electrons. The van der Waals surface area contributed by atoms with Crippen molar-refractivity contribution in [3.8, 4) is 0 Å². The first-order chi connectivity index (χ1) is 5.35. The summed E-state index contributed by atoms with van der Waals surface area (Å²) in [6.07, 6.45) is 10.5. The van der Waals surface area contributed by atoms with Gasteiger partial charge in [-0.1, -0.05) is 0 Å². The second kappa shape index (κ2) is 3.01. The van der Waals surface area contributed by atoms with Crippen molar-refractivity contribution < 1.29 is 0 Å². The zero-order valence-electron chi connectivity index (χ0n) is 7.18. The van der Waals surface area contributed by atoms with Crippen LogP contribution in [-0.4, -0.2) is 5.75 Å². The van der Waals surface area contributed by atoms with Gasteiger partial charge in [0, 0.05) is 0 Å². The predicted molar refractivity (Wildman–Crippen MR) is 52.1 cm³/mol. The molecule has 0 aliphatic heterocycles. The van der Waals surface area contributed by atoms with E-state index in [2.05, 4.69) is 12.6 Å². The van der Waals surface area contributed by atoms with E-state index in [1.807, 2.05) is 0 Å². The van der Waals surface area contributed by atoms with Crippen molar-refractivity contribution >= 4 is 12.6 Å². The van der Waals surface area contributed by atoms with Crippen LogP contribution in [0.1, 0.15) is 44.9 Å². The van der Waals surface area contributed by atoms with Gasteiger partial charge < -0.3 is 0 Å². The first-order valence-electron chi connectivity index (χ1n) is 4.96. The number of hydrogen-bond acceptors (Lipinski definition) is 1. The van der Waals surface area contributed by atoms with Gasteiger partial charge in [-0.2, -0.15) is 12.6 Å². The van der Waals surface area contributed by atoms with Gasteiger partial charge in [-0.15, -0.1) is 0 Å². The highest BCUT2D eigenvalue weighted by Gasteiger charge is 2.43. The van der Waals surface area contributed by atoms with E-state index >= 15 is 0 Å². The maximum absolute atomic E-state index is 4.28. The molecular weight excluding hydrogens is 152 g/mol. The average Bonchev–Trinajstić information content (AvgIpc) is 2.60.